The molecule has 1 fully saturated rings. The van der Waals surface area contributed by atoms with Gasteiger partial charge in [-0.05, 0) is 44.4 Å². The van der Waals surface area contributed by atoms with E-state index in [1.54, 1.807) is 42.2 Å². The monoisotopic (exact) mass is 451 g/mol. The minimum atomic E-state index is -0.804. The Morgan fingerprint density at radius 3 is 2.94 bits per heavy atom. The van der Waals surface area contributed by atoms with Gasteiger partial charge in [-0.3, -0.25) is 23.9 Å². The van der Waals surface area contributed by atoms with E-state index in [0.717, 1.165) is 29.8 Å². The second-order valence-corrected chi connectivity index (χ2v) is 8.79. The van der Waals surface area contributed by atoms with E-state index in [1.165, 1.54) is 6.07 Å². The number of hydrogen-bond acceptors (Lipinski definition) is 5. The van der Waals surface area contributed by atoms with Gasteiger partial charge in [0.1, 0.15) is 0 Å². The van der Waals surface area contributed by atoms with Crippen LogP contribution in [0.4, 0.5) is 10.1 Å². The first kappa shape index (κ1) is 21.4. The van der Waals surface area contributed by atoms with Crippen LogP contribution in [-0.4, -0.2) is 50.3 Å². The summed E-state index contributed by atoms with van der Waals surface area (Å²) >= 11 is 0. The first-order valence-electron chi connectivity index (χ1n) is 11.2. The van der Waals surface area contributed by atoms with Crippen LogP contribution in [0.2, 0.25) is 0 Å². The number of halogens is 1. The standard InChI is InChI=1S/C24H26FN5O3/c1-14-21(29-8-6-26-11-22(29)27-14)13-30-20-10-18(17-5-4-7-28(12-17)16(3)31)9-19(25)23(20)33-15(2)24(30)32/h6,8-11,15,17H,4-5,7,12-13H2,1-3H3/t15-,17?/m1/s1. The van der Waals surface area contributed by atoms with Gasteiger partial charge in [-0.1, -0.05) is 0 Å². The number of ether oxygens (including phenoxy) is 1. The maximum atomic E-state index is 15.3. The van der Waals surface area contributed by atoms with E-state index in [4.69, 9.17) is 4.74 Å². The number of nitrogens with zero attached hydrogens (tertiary/aromatic N) is 5. The van der Waals surface area contributed by atoms with Gasteiger partial charge in [0.25, 0.3) is 5.91 Å². The van der Waals surface area contributed by atoms with Crippen molar-refractivity contribution in [1.29, 1.82) is 0 Å². The highest BCUT2D eigenvalue weighted by molar-refractivity contribution is 6.00. The zero-order chi connectivity index (χ0) is 23.3. The van der Waals surface area contributed by atoms with E-state index in [-0.39, 0.29) is 30.0 Å². The van der Waals surface area contributed by atoms with Crippen molar-refractivity contribution in [3.8, 4) is 5.75 Å². The molecular weight excluding hydrogens is 425 g/mol. The van der Waals surface area contributed by atoms with E-state index < -0.39 is 11.9 Å². The number of carbonyl (C=O) groups excluding carboxylic acids is 2. The smallest absolute Gasteiger partial charge is 0.268 e. The highest BCUT2D eigenvalue weighted by Gasteiger charge is 2.36. The second-order valence-electron chi connectivity index (χ2n) is 8.79. The lowest BCUT2D eigenvalue weighted by atomic mass is 9.89. The molecule has 0 bridgehead atoms. The van der Waals surface area contributed by atoms with Crippen LogP contribution in [0.5, 0.6) is 5.75 Å². The minimum absolute atomic E-state index is 0.00218. The maximum absolute atomic E-state index is 15.3. The van der Waals surface area contributed by atoms with Gasteiger partial charge in [0, 0.05) is 38.3 Å². The molecule has 33 heavy (non-hydrogen) atoms. The summed E-state index contributed by atoms with van der Waals surface area (Å²) in [4.78, 5) is 37.1. The molecule has 1 unspecified atom stereocenters. The van der Waals surface area contributed by atoms with Gasteiger partial charge in [0.15, 0.2) is 23.3 Å². The highest BCUT2D eigenvalue weighted by atomic mass is 19.1. The molecule has 5 rings (SSSR count). The summed E-state index contributed by atoms with van der Waals surface area (Å²) < 4.78 is 22.8. The van der Waals surface area contributed by atoms with Crippen molar-refractivity contribution in [3.05, 3.63) is 53.5 Å². The third-order valence-electron chi connectivity index (χ3n) is 6.62. The molecule has 3 aromatic rings. The lowest BCUT2D eigenvalue weighted by Crippen LogP contribution is -2.44. The molecule has 1 aromatic carbocycles. The van der Waals surface area contributed by atoms with Gasteiger partial charge in [0.2, 0.25) is 5.91 Å². The van der Waals surface area contributed by atoms with Crippen LogP contribution >= 0.6 is 0 Å². The minimum Gasteiger partial charge on any atom is -0.476 e. The average Bonchev–Trinajstić information content (AvgIpc) is 3.12. The number of aryl methyl sites for hydroxylation is 1. The first-order chi connectivity index (χ1) is 15.8. The summed E-state index contributed by atoms with van der Waals surface area (Å²) in [5, 5.41) is 0. The highest BCUT2D eigenvalue weighted by Crippen LogP contribution is 2.41. The lowest BCUT2D eigenvalue weighted by molar-refractivity contribution is -0.130. The molecule has 2 aliphatic rings. The SMILES string of the molecule is CC(=O)N1CCCC(c2cc(F)c3c(c2)N(Cc2c(C)nc4cnccn24)C(=O)[C@@H](C)O3)C1. The Morgan fingerprint density at radius 1 is 1.33 bits per heavy atom. The molecule has 0 aliphatic carbocycles. The molecule has 0 saturated carbocycles. The number of rotatable bonds is 3. The average molecular weight is 452 g/mol. The van der Waals surface area contributed by atoms with E-state index in [0.29, 0.717) is 24.4 Å². The van der Waals surface area contributed by atoms with Crippen LogP contribution in [0.3, 0.4) is 0 Å². The van der Waals surface area contributed by atoms with Gasteiger partial charge in [0.05, 0.1) is 29.8 Å². The third-order valence-corrected chi connectivity index (χ3v) is 6.62. The van der Waals surface area contributed by atoms with Crippen molar-refractivity contribution in [2.45, 2.75) is 52.2 Å². The second kappa shape index (κ2) is 8.13. The van der Waals surface area contributed by atoms with Crippen LogP contribution in [-0.2, 0) is 16.1 Å². The van der Waals surface area contributed by atoms with Crippen molar-refractivity contribution in [1.82, 2.24) is 19.3 Å². The number of amides is 2. The predicted molar refractivity (Wildman–Crippen MR) is 120 cm³/mol. The maximum Gasteiger partial charge on any atom is 0.268 e. The Hall–Kier alpha value is -3.49. The zero-order valence-electron chi connectivity index (χ0n) is 18.9. The van der Waals surface area contributed by atoms with Crippen LogP contribution < -0.4 is 9.64 Å². The summed E-state index contributed by atoms with van der Waals surface area (Å²) in [5.74, 6) is -0.632. The molecule has 1 saturated heterocycles. The van der Waals surface area contributed by atoms with Crippen molar-refractivity contribution in [2.24, 2.45) is 0 Å². The Kier molecular flexibility index (Phi) is 5.26. The van der Waals surface area contributed by atoms with Crippen molar-refractivity contribution in [2.75, 3.05) is 18.0 Å². The van der Waals surface area contributed by atoms with Gasteiger partial charge in [-0.15, -0.1) is 0 Å². The number of fused-ring (bicyclic) bond motifs is 2. The molecule has 4 heterocycles. The van der Waals surface area contributed by atoms with Crippen LogP contribution in [0.25, 0.3) is 5.65 Å². The number of aromatic nitrogens is 3. The first-order valence-corrected chi connectivity index (χ1v) is 11.2. The zero-order valence-corrected chi connectivity index (χ0v) is 18.9. The number of anilines is 1. The molecule has 0 radical (unpaired) electrons. The van der Waals surface area contributed by atoms with Gasteiger partial charge >= 0.3 is 0 Å². The molecule has 2 aliphatic heterocycles. The number of imidazole rings is 1. The Balaban J connectivity index is 1.56. The van der Waals surface area contributed by atoms with E-state index in [9.17, 15) is 9.59 Å². The van der Waals surface area contributed by atoms with Gasteiger partial charge in [-0.25, -0.2) is 9.37 Å². The quantitative estimate of drug-likeness (QED) is 0.611. The molecule has 8 nitrogen and oxygen atoms in total. The molecule has 172 valence electrons. The Morgan fingerprint density at radius 2 is 2.15 bits per heavy atom. The van der Waals surface area contributed by atoms with Crippen LogP contribution in [0, 0.1) is 12.7 Å². The van der Waals surface area contributed by atoms with Crippen molar-refractivity contribution >= 4 is 23.1 Å². The fraction of sp³-hybridized carbons (Fsp3) is 0.417. The number of benzene rings is 1. The van der Waals surface area contributed by atoms with Crippen LogP contribution in [0.1, 0.15) is 49.6 Å². The Labute approximate surface area is 191 Å². The number of piperidine rings is 1. The Bertz CT molecular complexity index is 1260. The molecule has 2 atom stereocenters. The molecule has 2 aromatic heterocycles. The molecule has 0 N–H and O–H groups in total. The summed E-state index contributed by atoms with van der Waals surface area (Å²) in [6, 6.07) is 3.33. The van der Waals surface area contributed by atoms with Gasteiger partial charge < -0.3 is 9.64 Å². The predicted octanol–water partition coefficient (Wildman–Crippen LogP) is 3.22. The summed E-state index contributed by atoms with van der Waals surface area (Å²) in [6.07, 6.45) is 6.03. The summed E-state index contributed by atoms with van der Waals surface area (Å²) in [6.45, 7) is 6.55. The van der Waals surface area contributed by atoms with Crippen molar-refractivity contribution < 1.29 is 18.7 Å². The lowest BCUT2D eigenvalue weighted by Gasteiger charge is -2.36. The number of likely N-dealkylation sites (tertiary alicyclic amines) is 1. The number of hydrogen-bond donors (Lipinski definition) is 0. The van der Waals surface area contributed by atoms with E-state index >= 15 is 4.39 Å². The van der Waals surface area contributed by atoms with E-state index in [1.807, 2.05) is 17.4 Å². The molecular formula is C24H26FN5O3. The fourth-order valence-electron chi connectivity index (χ4n) is 4.83. The molecule has 9 heteroatoms. The van der Waals surface area contributed by atoms with Gasteiger partial charge in [-0.2, -0.15) is 0 Å². The topological polar surface area (TPSA) is 80.0 Å². The van der Waals surface area contributed by atoms with Crippen LogP contribution in [0.15, 0.2) is 30.7 Å². The van der Waals surface area contributed by atoms with Crippen molar-refractivity contribution in [3.63, 3.8) is 0 Å². The fourth-order valence-corrected chi connectivity index (χ4v) is 4.83. The molecule has 2 amide bonds. The largest absolute Gasteiger partial charge is 0.476 e. The summed E-state index contributed by atoms with van der Waals surface area (Å²) in [5.41, 5.74) is 3.47. The normalized spacial score (nSPS) is 20.7. The van der Waals surface area contributed by atoms with E-state index in [2.05, 4.69) is 9.97 Å². The molecule has 0 spiro atoms. The third kappa shape index (κ3) is 3.71. The summed E-state index contributed by atoms with van der Waals surface area (Å²) in [7, 11) is 0. The number of carbonyl (C=O) groups is 2.